The number of nitrogens with zero attached hydrogens (tertiary/aromatic N) is 2. The summed E-state index contributed by atoms with van der Waals surface area (Å²) < 4.78 is 82.7. The summed E-state index contributed by atoms with van der Waals surface area (Å²) >= 11 is 0.449. The van der Waals surface area contributed by atoms with Crippen molar-refractivity contribution < 1.29 is 36.2 Å². The molecule has 0 atom stereocenters. The summed E-state index contributed by atoms with van der Waals surface area (Å²) in [6.45, 7) is 0. The third-order valence-electron chi connectivity index (χ3n) is 2.53. The Balaban J connectivity index is 2.42. The molecule has 0 aliphatic carbocycles. The number of nitrogens with one attached hydrogen (secondary N) is 1. The largest absolute Gasteiger partial charge is 0.491 e. The number of carbonyl (C=O) groups excluding carboxylic acids is 1. The van der Waals surface area contributed by atoms with Crippen molar-refractivity contribution in [1.82, 2.24) is 8.75 Å². The smallest absolute Gasteiger partial charge is 0.416 e. The van der Waals surface area contributed by atoms with Gasteiger partial charge in [-0.1, -0.05) is 0 Å². The molecule has 0 saturated heterocycles. The Bertz CT molecular complexity index is 708. The normalized spacial score (nSPS) is 12.3. The first-order valence-electron chi connectivity index (χ1n) is 5.61. The van der Waals surface area contributed by atoms with E-state index in [-0.39, 0.29) is 6.07 Å². The van der Waals surface area contributed by atoms with Crippen molar-refractivity contribution in [2.45, 2.75) is 12.4 Å². The van der Waals surface area contributed by atoms with Crippen LogP contribution in [0.5, 0.6) is 5.88 Å². The van der Waals surface area contributed by atoms with Crippen molar-refractivity contribution in [1.29, 1.82) is 0 Å². The number of aromatic hydroxyl groups is 1. The van der Waals surface area contributed by atoms with Gasteiger partial charge in [-0.25, -0.2) is 0 Å². The third kappa shape index (κ3) is 3.88. The van der Waals surface area contributed by atoms with E-state index < -0.39 is 46.6 Å². The van der Waals surface area contributed by atoms with Crippen LogP contribution in [0.1, 0.15) is 21.6 Å². The molecule has 0 saturated carbocycles. The fourth-order valence-corrected chi connectivity index (χ4v) is 2.00. The average Bonchev–Trinajstić information content (AvgIpc) is 2.82. The standard InChI is InChI=1S/C11H5F6N3O2S/c12-10(13,14)4-1-5(11(15,16)17)3-6(2-4)18-8(21)7-9(22)20-23-19-7/h1-3H,(H,18,21)(H,20,22). The van der Waals surface area contributed by atoms with Gasteiger partial charge in [-0.05, 0) is 18.2 Å². The Labute approximate surface area is 127 Å². The Morgan fingerprint density at radius 2 is 1.52 bits per heavy atom. The lowest BCUT2D eigenvalue weighted by molar-refractivity contribution is -0.143. The molecule has 0 aliphatic heterocycles. The van der Waals surface area contributed by atoms with Gasteiger partial charge in [0.1, 0.15) is 0 Å². The molecule has 0 fully saturated rings. The first-order valence-corrected chi connectivity index (χ1v) is 6.34. The van der Waals surface area contributed by atoms with E-state index in [1.165, 1.54) is 0 Å². The van der Waals surface area contributed by atoms with Gasteiger partial charge in [0.25, 0.3) is 11.8 Å². The quantitative estimate of drug-likeness (QED) is 0.807. The zero-order valence-electron chi connectivity index (χ0n) is 10.7. The van der Waals surface area contributed by atoms with Gasteiger partial charge >= 0.3 is 12.4 Å². The van der Waals surface area contributed by atoms with Crippen molar-refractivity contribution in [3.8, 4) is 5.88 Å². The van der Waals surface area contributed by atoms with Gasteiger partial charge in [0.05, 0.1) is 22.9 Å². The van der Waals surface area contributed by atoms with E-state index in [1.54, 1.807) is 0 Å². The maximum Gasteiger partial charge on any atom is 0.416 e. The maximum absolute atomic E-state index is 12.7. The number of halogens is 6. The highest BCUT2D eigenvalue weighted by Crippen LogP contribution is 2.37. The summed E-state index contributed by atoms with van der Waals surface area (Å²) in [5.74, 6) is -1.97. The number of alkyl halides is 6. The van der Waals surface area contributed by atoms with Crippen LogP contribution in [0, 0.1) is 0 Å². The van der Waals surface area contributed by atoms with Gasteiger partial charge in [-0.15, -0.1) is 4.37 Å². The first-order chi connectivity index (χ1) is 10.5. The SMILES string of the molecule is O=C(Nc1cc(C(F)(F)F)cc(C(F)(F)F)c1)c1nsnc1O. The molecule has 0 bridgehead atoms. The molecule has 1 aromatic carbocycles. The minimum absolute atomic E-state index is 0.0719. The van der Waals surface area contributed by atoms with Gasteiger partial charge in [0.15, 0.2) is 0 Å². The van der Waals surface area contributed by atoms with Gasteiger partial charge < -0.3 is 10.4 Å². The summed E-state index contributed by atoms with van der Waals surface area (Å²) in [5.41, 5.74) is -4.52. The molecule has 1 aromatic heterocycles. The zero-order valence-corrected chi connectivity index (χ0v) is 11.5. The summed E-state index contributed by atoms with van der Waals surface area (Å²) in [4.78, 5) is 11.7. The summed E-state index contributed by atoms with van der Waals surface area (Å²) in [6.07, 6.45) is -10.1. The van der Waals surface area contributed by atoms with Crippen LogP contribution in [0.4, 0.5) is 32.0 Å². The molecule has 1 amide bonds. The van der Waals surface area contributed by atoms with E-state index in [2.05, 4.69) is 8.75 Å². The van der Waals surface area contributed by atoms with Gasteiger partial charge in [-0.3, -0.25) is 4.79 Å². The van der Waals surface area contributed by atoms with Crippen molar-refractivity contribution in [2.75, 3.05) is 5.32 Å². The van der Waals surface area contributed by atoms with Crippen LogP contribution in [0.3, 0.4) is 0 Å². The van der Waals surface area contributed by atoms with Crippen molar-refractivity contribution in [2.24, 2.45) is 0 Å². The van der Waals surface area contributed by atoms with Crippen LogP contribution in [0.15, 0.2) is 18.2 Å². The molecule has 0 spiro atoms. The van der Waals surface area contributed by atoms with E-state index in [1.807, 2.05) is 5.32 Å². The number of benzene rings is 1. The van der Waals surface area contributed by atoms with Gasteiger partial charge in [-0.2, -0.15) is 30.7 Å². The van der Waals surface area contributed by atoms with Gasteiger partial charge in [0, 0.05) is 5.69 Å². The topological polar surface area (TPSA) is 75.1 Å². The fourth-order valence-electron chi connectivity index (χ4n) is 1.54. The molecular formula is C11H5F6N3O2S. The van der Waals surface area contributed by atoms with E-state index in [9.17, 15) is 36.2 Å². The molecule has 12 heteroatoms. The predicted octanol–water partition coefficient (Wildman–Crippen LogP) is 3.53. The Kier molecular flexibility index (Phi) is 4.20. The average molecular weight is 357 g/mol. The van der Waals surface area contributed by atoms with E-state index in [0.717, 1.165) is 0 Å². The maximum atomic E-state index is 12.7. The molecule has 0 unspecified atom stereocenters. The molecule has 2 rings (SSSR count). The van der Waals surface area contributed by atoms with E-state index in [0.29, 0.717) is 23.9 Å². The minimum atomic E-state index is -5.04. The lowest BCUT2D eigenvalue weighted by atomic mass is 10.1. The summed E-state index contributed by atoms with van der Waals surface area (Å²) in [6, 6.07) is 0.603. The monoisotopic (exact) mass is 357 g/mol. The number of rotatable bonds is 2. The molecular weight excluding hydrogens is 352 g/mol. The number of amides is 1. The molecule has 0 radical (unpaired) electrons. The van der Waals surface area contributed by atoms with E-state index >= 15 is 0 Å². The lowest BCUT2D eigenvalue weighted by Gasteiger charge is -2.14. The Morgan fingerprint density at radius 1 is 1.00 bits per heavy atom. The Hall–Kier alpha value is -2.37. The predicted molar refractivity (Wildman–Crippen MR) is 66.0 cm³/mol. The number of aromatic nitrogens is 2. The molecule has 2 N–H and O–H groups in total. The van der Waals surface area contributed by atoms with Crippen LogP contribution in [-0.2, 0) is 12.4 Å². The molecule has 2 aromatic rings. The summed E-state index contributed by atoms with van der Waals surface area (Å²) in [7, 11) is 0. The Morgan fingerprint density at radius 3 is 1.91 bits per heavy atom. The zero-order chi connectivity index (χ0) is 17.4. The molecule has 0 aliphatic rings. The van der Waals surface area contributed by atoms with Crippen LogP contribution in [-0.4, -0.2) is 19.8 Å². The second-order valence-corrected chi connectivity index (χ2v) is 4.71. The first kappa shape index (κ1) is 17.0. The van der Waals surface area contributed by atoms with Crippen LogP contribution in [0.25, 0.3) is 0 Å². The van der Waals surface area contributed by atoms with Crippen molar-refractivity contribution in [3.63, 3.8) is 0 Å². The van der Waals surface area contributed by atoms with Gasteiger partial charge in [0.2, 0.25) is 5.69 Å². The highest BCUT2D eigenvalue weighted by atomic mass is 32.1. The highest BCUT2D eigenvalue weighted by Gasteiger charge is 2.37. The highest BCUT2D eigenvalue weighted by molar-refractivity contribution is 6.99. The van der Waals surface area contributed by atoms with Crippen LogP contribution >= 0.6 is 11.7 Å². The van der Waals surface area contributed by atoms with E-state index in [4.69, 9.17) is 0 Å². The molecule has 124 valence electrons. The molecule has 1 heterocycles. The van der Waals surface area contributed by atoms with Crippen LogP contribution < -0.4 is 5.32 Å². The number of carbonyl (C=O) groups is 1. The second kappa shape index (κ2) is 5.68. The van der Waals surface area contributed by atoms with Crippen molar-refractivity contribution >= 4 is 23.3 Å². The third-order valence-corrected chi connectivity index (χ3v) is 3.05. The molecule has 23 heavy (non-hydrogen) atoms. The fraction of sp³-hybridized carbons (Fsp3) is 0.182. The molecule has 5 nitrogen and oxygen atoms in total. The van der Waals surface area contributed by atoms with Crippen LogP contribution in [0.2, 0.25) is 0 Å². The minimum Gasteiger partial charge on any atom is -0.491 e. The second-order valence-electron chi connectivity index (χ2n) is 4.19. The lowest BCUT2D eigenvalue weighted by Crippen LogP contribution is -2.16. The number of hydrogen-bond donors (Lipinski definition) is 2. The number of hydrogen-bond acceptors (Lipinski definition) is 5. The summed E-state index contributed by atoms with van der Waals surface area (Å²) in [5, 5.41) is 11.0. The van der Waals surface area contributed by atoms with Crippen molar-refractivity contribution in [3.05, 3.63) is 35.0 Å². The number of anilines is 1.